The van der Waals surface area contributed by atoms with Crippen molar-refractivity contribution in [2.75, 3.05) is 0 Å². The van der Waals surface area contributed by atoms with Gasteiger partial charge in [-0.1, -0.05) is 17.3 Å². The summed E-state index contributed by atoms with van der Waals surface area (Å²) in [7, 11) is 0. The van der Waals surface area contributed by atoms with Gasteiger partial charge in [-0.05, 0) is 23.9 Å². The van der Waals surface area contributed by atoms with Gasteiger partial charge in [0.1, 0.15) is 5.69 Å². The fourth-order valence-electron chi connectivity index (χ4n) is 1.16. The zero-order valence-corrected chi connectivity index (χ0v) is 7.51. The Kier molecular flexibility index (Phi) is 2.17. The number of nitrogens with zero attached hydrogens (tertiary/aromatic N) is 2. The minimum atomic E-state index is 0.149. The standard InChI is InChI=1S/C8H10N2OS/c11-8(4-3-6-1-2-6)7-5-12-10-9-7/h5-6H,1-4H2. The van der Waals surface area contributed by atoms with E-state index in [1.807, 2.05) is 0 Å². The maximum Gasteiger partial charge on any atom is 0.184 e. The molecule has 0 N–H and O–H groups in total. The van der Waals surface area contributed by atoms with Crippen molar-refractivity contribution in [1.29, 1.82) is 0 Å². The van der Waals surface area contributed by atoms with Crippen LogP contribution in [0.25, 0.3) is 0 Å². The molecule has 1 aromatic heterocycles. The average Bonchev–Trinajstić information content (AvgIpc) is 2.74. The fourth-order valence-corrected chi connectivity index (χ4v) is 1.62. The number of aromatic nitrogens is 2. The van der Waals surface area contributed by atoms with Crippen LogP contribution >= 0.6 is 11.5 Å². The molecular weight excluding hydrogens is 172 g/mol. The molecule has 0 saturated heterocycles. The summed E-state index contributed by atoms with van der Waals surface area (Å²) in [6.45, 7) is 0. The number of ketones is 1. The molecule has 1 heterocycles. The largest absolute Gasteiger partial charge is 0.292 e. The van der Waals surface area contributed by atoms with Crippen molar-refractivity contribution >= 4 is 17.3 Å². The molecule has 0 radical (unpaired) electrons. The zero-order valence-electron chi connectivity index (χ0n) is 6.69. The van der Waals surface area contributed by atoms with Gasteiger partial charge >= 0.3 is 0 Å². The smallest absolute Gasteiger partial charge is 0.184 e. The normalized spacial score (nSPS) is 16.3. The van der Waals surface area contributed by atoms with Crippen molar-refractivity contribution < 1.29 is 4.79 Å². The molecule has 12 heavy (non-hydrogen) atoms. The highest BCUT2D eigenvalue weighted by molar-refractivity contribution is 7.03. The van der Waals surface area contributed by atoms with Gasteiger partial charge in [0.05, 0.1) is 0 Å². The van der Waals surface area contributed by atoms with Gasteiger partial charge in [-0.2, -0.15) is 0 Å². The maximum atomic E-state index is 11.3. The number of carbonyl (C=O) groups excluding carboxylic acids is 1. The van der Waals surface area contributed by atoms with Gasteiger partial charge in [0.15, 0.2) is 5.78 Å². The second-order valence-corrected chi connectivity index (χ2v) is 3.81. The first-order valence-corrected chi connectivity index (χ1v) is 5.00. The molecule has 0 amide bonds. The van der Waals surface area contributed by atoms with E-state index in [-0.39, 0.29) is 5.78 Å². The molecule has 4 heteroatoms. The number of Topliss-reactive ketones (excluding diaryl/α,β-unsaturated/α-hetero) is 1. The van der Waals surface area contributed by atoms with Crippen LogP contribution in [0.4, 0.5) is 0 Å². The number of hydrogen-bond donors (Lipinski definition) is 0. The molecule has 0 aromatic carbocycles. The Bertz CT molecular complexity index is 267. The predicted octanol–water partition coefficient (Wildman–Crippen LogP) is 1.91. The second kappa shape index (κ2) is 3.31. The zero-order chi connectivity index (χ0) is 8.39. The topological polar surface area (TPSA) is 42.9 Å². The summed E-state index contributed by atoms with van der Waals surface area (Å²) in [5.74, 6) is 0.969. The molecular formula is C8H10N2OS. The molecule has 3 nitrogen and oxygen atoms in total. The van der Waals surface area contributed by atoms with Gasteiger partial charge < -0.3 is 0 Å². The van der Waals surface area contributed by atoms with Crippen LogP contribution in [-0.2, 0) is 0 Å². The average molecular weight is 182 g/mol. The van der Waals surface area contributed by atoms with Crippen LogP contribution in [0.3, 0.4) is 0 Å². The monoisotopic (exact) mass is 182 g/mol. The molecule has 1 fully saturated rings. The van der Waals surface area contributed by atoms with E-state index < -0.39 is 0 Å². The first kappa shape index (κ1) is 7.86. The Morgan fingerprint density at radius 3 is 3.08 bits per heavy atom. The van der Waals surface area contributed by atoms with Crippen molar-refractivity contribution in [3.63, 3.8) is 0 Å². The van der Waals surface area contributed by atoms with E-state index in [2.05, 4.69) is 9.59 Å². The lowest BCUT2D eigenvalue weighted by molar-refractivity contribution is 0.0973. The second-order valence-electron chi connectivity index (χ2n) is 3.20. The Labute approximate surface area is 75.0 Å². The lowest BCUT2D eigenvalue weighted by Gasteiger charge is -1.93. The highest BCUT2D eigenvalue weighted by atomic mass is 32.1. The highest BCUT2D eigenvalue weighted by Gasteiger charge is 2.22. The molecule has 1 aliphatic carbocycles. The van der Waals surface area contributed by atoms with Crippen LogP contribution in [0, 0.1) is 5.92 Å². The summed E-state index contributed by atoms with van der Waals surface area (Å²) < 4.78 is 3.66. The molecule has 0 atom stereocenters. The molecule has 2 rings (SSSR count). The van der Waals surface area contributed by atoms with Crippen LogP contribution in [-0.4, -0.2) is 15.4 Å². The van der Waals surface area contributed by atoms with Crippen molar-refractivity contribution in [3.8, 4) is 0 Å². The van der Waals surface area contributed by atoms with Gasteiger partial charge in [0.2, 0.25) is 0 Å². The van der Waals surface area contributed by atoms with Crippen molar-refractivity contribution in [3.05, 3.63) is 11.1 Å². The molecule has 0 bridgehead atoms. The molecule has 1 aliphatic rings. The van der Waals surface area contributed by atoms with Crippen molar-refractivity contribution in [2.24, 2.45) is 5.92 Å². The lowest BCUT2D eigenvalue weighted by Crippen LogP contribution is -1.99. The van der Waals surface area contributed by atoms with E-state index in [9.17, 15) is 4.79 Å². The molecule has 0 unspecified atom stereocenters. The summed E-state index contributed by atoms with van der Waals surface area (Å²) in [4.78, 5) is 11.3. The molecule has 64 valence electrons. The van der Waals surface area contributed by atoms with Crippen molar-refractivity contribution in [2.45, 2.75) is 25.7 Å². The lowest BCUT2D eigenvalue weighted by atomic mass is 10.1. The third-order valence-corrected chi connectivity index (χ3v) is 2.63. The summed E-state index contributed by atoms with van der Waals surface area (Å²) in [6.07, 6.45) is 4.30. The van der Waals surface area contributed by atoms with Crippen LogP contribution in [0.5, 0.6) is 0 Å². The number of carbonyl (C=O) groups is 1. The first-order chi connectivity index (χ1) is 5.86. The maximum absolute atomic E-state index is 11.3. The predicted molar refractivity (Wildman–Crippen MR) is 46.2 cm³/mol. The van der Waals surface area contributed by atoms with E-state index in [1.54, 1.807) is 5.38 Å². The third-order valence-electron chi connectivity index (χ3n) is 2.12. The molecule has 0 spiro atoms. The Hall–Kier alpha value is -0.770. The van der Waals surface area contributed by atoms with Gasteiger partial charge in [0, 0.05) is 11.8 Å². The first-order valence-electron chi connectivity index (χ1n) is 4.16. The third kappa shape index (κ3) is 1.88. The summed E-state index contributed by atoms with van der Waals surface area (Å²) in [5, 5.41) is 5.45. The van der Waals surface area contributed by atoms with E-state index in [4.69, 9.17) is 0 Å². The Morgan fingerprint density at radius 2 is 2.50 bits per heavy atom. The minimum absolute atomic E-state index is 0.149. The van der Waals surface area contributed by atoms with Crippen LogP contribution < -0.4 is 0 Å². The SMILES string of the molecule is O=C(CCC1CC1)c1csnn1. The summed E-state index contributed by atoms with van der Waals surface area (Å²) in [5.41, 5.74) is 0.542. The fraction of sp³-hybridized carbons (Fsp3) is 0.625. The Balaban J connectivity index is 1.83. The van der Waals surface area contributed by atoms with Crippen LogP contribution in [0.15, 0.2) is 5.38 Å². The van der Waals surface area contributed by atoms with Gasteiger partial charge in [0.25, 0.3) is 0 Å². The molecule has 0 aliphatic heterocycles. The minimum Gasteiger partial charge on any atom is -0.292 e. The van der Waals surface area contributed by atoms with E-state index >= 15 is 0 Å². The molecule has 1 saturated carbocycles. The van der Waals surface area contributed by atoms with Gasteiger partial charge in [-0.25, -0.2) is 0 Å². The van der Waals surface area contributed by atoms with E-state index in [0.717, 1.165) is 12.3 Å². The van der Waals surface area contributed by atoms with E-state index in [1.165, 1.54) is 24.4 Å². The van der Waals surface area contributed by atoms with Crippen molar-refractivity contribution in [1.82, 2.24) is 9.59 Å². The number of rotatable bonds is 4. The van der Waals surface area contributed by atoms with Gasteiger partial charge in [-0.3, -0.25) is 4.79 Å². The summed E-state index contributed by atoms with van der Waals surface area (Å²) >= 11 is 1.24. The van der Waals surface area contributed by atoms with Gasteiger partial charge in [-0.15, -0.1) is 5.10 Å². The van der Waals surface area contributed by atoms with E-state index in [0.29, 0.717) is 12.1 Å². The Morgan fingerprint density at radius 1 is 1.67 bits per heavy atom. The summed E-state index contributed by atoms with van der Waals surface area (Å²) in [6, 6.07) is 0. The molecule has 1 aromatic rings. The highest BCUT2D eigenvalue weighted by Crippen LogP contribution is 2.33. The number of hydrogen-bond acceptors (Lipinski definition) is 4. The van der Waals surface area contributed by atoms with Crippen LogP contribution in [0.2, 0.25) is 0 Å². The quantitative estimate of drug-likeness (QED) is 0.668. The van der Waals surface area contributed by atoms with Crippen LogP contribution in [0.1, 0.15) is 36.2 Å².